The molecular weight excluding hydrogens is 284 g/mol. The van der Waals surface area contributed by atoms with Gasteiger partial charge in [-0.05, 0) is 35.2 Å². The lowest BCUT2D eigenvalue weighted by Gasteiger charge is -2.07. The van der Waals surface area contributed by atoms with Crippen molar-refractivity contribution in [3.63, 3.8) is 0 Å². The number of imidazole rings is 1. The molecule has 0 aliphatic rings. The molecule has 4 heterocycles. The molecule has 0 spiro atoms. The van der Waals surface area contributed by atoms with E-state index in [0.717, 1.165) is 21.7 Å². The molecule has 0 aliphatic heterocycles. The summed E-state index contributed by atoms with van der Waals surface area (Å²) in [6, 6.07) is 9.83. The second-order valence-corrected chi connectivity index (χ2v) is 5.52. The van der Waals surface area contributed by atoms with Gasteiger partial charge in [0.05, 0.1) is 16.1 Å². The fourth-order valence-electron chi connectivity index (χ4n) is 2.32. The molecule has 4 aromatic heterocycles. The number of H-pyrrole nitrogens is 2. The van der Waals surface area contributed by atoms with Crippen molar-refractivity contribution in [1.29, 1.82) is 0 Å². The number of nitrogens with zero attached hydrogens (tertiary/aromatic N) is 2. The number of aromatic nitrogens is 4. The topological polar surface area (TPSA) is 74.4 Å². The molecule has 0 aromatic carbocycles. The summed E-state index contributed by atoms with van der Waals surface area (Å²) in [5.41, 5.74) is 3.88. The number of pyridine rings is 2. The van der Waals surface area contributed by atoms with Crippen LogP contribution < -0.4 is 5.69 Å². The number of hydrogen-bond donors (Lipinski definition) is 2. The number of nitrogens with one attached hydrogen (secondary N) is 2. The summed E-state index contributed by atoms with van der Waals surface area (Å²) in [5.74, 6) is 0. The molecule has 4 rings (SSSR count). The molecule has 0 aliphatic carbocycles. The fraction of sp³-hybridized carbons (Fsp3) is 0. The van der Waals surface area contributed by atoms with E-state index in [9.17, 15) is 4.79 Å². The highest BCUT2D eigenvalue weighted by atomic mass is 32.1. The second kappa shape index (κ2) is 4.68. The summed E-state index contributed by atoms with van der Waals surface area (Å²) in [6.07, 6.45) is 3.50. The SMILES string of the molecule is O=c1[nH]c2cc(-c3ccncc3)c(-c3cccs3)nc2[nH]1. The minimum atomic E-state index is -0.249. The molecular formula is C15H10N4OS. The van der Waals surface area contributed by atoms with Gasteiger partial charge in [-0.1, -0.05) is 6.07 Å². The fourth-order valence-corrected chi connectivity index (χ4v) is 3.05. The normalized spacial score (nSPS) is 11.0. The van der Waals surface area contributed by atoms with E-state index in [-0.39, 0.29) is 5.69 Å². The Bertz CT molecular complexity index is 954. The lowest BCUT2D eigenvalue weighted by atomic mass is 10.0. The van der Waals surface area contributed by atoms with Gasteiger partial charge in [0, 0.05) is 18.0 Å². The zero-order valence-electron chi connectivity index (χ0n) is 10.8. The van der Waals surface area contributed by atoms with Crippen molar-refractivity contribution in [1.82, 2.24) is 19.9 Å². The van der Waals surface area contributed by atoms with Crippen LogP contribution >= 0.6 is 11.3 Å². The zero-order valence-corrected chi connectivity index (χ0v) is 11.6. The average Bonchev–Trinajstić information content (AvgIpc) is 3.14. The second-order valence-electron chi connectivity index (χ2n) is 4.57. The molecule has 0 amide bonds. The van der Waals surface area contributed by atoms with Gasteiger partial charge in [-0.15, -0.1) is 11.3 Å². The predicted octanol–water partition coefficient (Wildman–Crippen LogP) is 3.04. The number of rotatable bonds is 2. The first-order valence-corrected chi connectivity index (χ1v) is 7.26. The van der Waals surface area contributed by atoms with Crippen LogP contribution in [0.1, 0.15) is 0 Å². The summed E-state index contributed by atoms with van der Waals surface area (Å²) in [6.45, 7) is 0. The monoisotopic (exact) mass is 294 g/mol. The molecule has 0 fully saturated rings. The van der Waals surface area contributed by atoms with Gasteiger partial charge >= 0.3 is 5.69 Å². The molecule has 21 heavy (non-hydrogen) atoms. The van der Waals surface area contributed by atoms with Crippen LogP contribution in [0.3, 0.4) is 0 Å². The third-order valence-electron chi connectivity index (χ3n) is 3.25. The molecule has 4 aromatic rings. The van der Waals surface area contributed by atoms with Crippen LogP contribution in [-0.4, -0.2) is 19.9 Å². The van der Waals surface area contributed by atoms with Gasteiger partial charge in [-0.2, -0.15) is 0 Å². The zero-order chi connectivity index (χ0) is 14.2. The Morgan fingerprint density at radius 3 is 2.71 bits per heavy atom. The molecule has 0 atom stereocenters. The Hall–Kier alpha value is -2.73. The minimum Gasteiger partial charge on any atom is -0.304 e. The minimum absolute atomic E-state index is 0.249. The first-order valence-electron chi connectivity index (χ1n) is 6.38. The van der Waals surface area contributed by atoms with Crippen molar-refractivity contribution in [2.24, 2.45) is 0 Å². The van der Waals surface area contributed by atoms with Gasteiger partial charge in [-0.3, -0.25) is 9.97 Å². The van der Waals surface area contributed by atoms with E-state index in [1.165, 1.54) is 0 Å². The highest BCUT2D eigenvalue weighted by Crippen LogP contribution is 2.34. The van der Waals surface area contributed by atoms with E-state index in [0.29, 0.717) is 11.2 Å². The first kappa shape index (κ1) is 12.0. The third-order valence-corrected chi connectivity index (χ3v) is 4.13. The average molecular weight is 294 g/mol. The Morgan fingerprint density at radius 2 is 1.95 bits per heavy atom. The molecule has 0 radical (unpaired) electrons. The smallest absolute Gasteiger partial charge is 0.304 e. The summed E-state index contributed by atoms with van der Waals surface area (Å²) in [7, 11) is 0. The molecule has 5 nitrogen and oxygen atoms in total. The highest BCUT2D eigenvalue weighted by Gasteiger charge is 2.13. The highest BCUT2D eigenvalue weighted by molar-refractivity contribution is 7.13. The van der Waals surface area contributed by atoms with Gasteiger partial charge in [0.2, 0.25) is 0 Å². The van der Waals surface area contributed by atoms with E-state index in [4.69, 9.17) is 0 Å². The first-order chi connectivity index (χ1) is 10.3. The van der Waals surface area contributed by atoms with Gasteiger partial charge in [0.1, 0.15) is 0 Å². The molecule has 0 saturated carbocycles. The molecule has 0 bridgehead atoms. The predicted molar refractivity (Wildman–Crippen MR) is 83.3 cm³/mol. The summed E-state index contributed by atoms with van der Waals surface area (Å²) >= 11 is 1.62. The van der Waals surface area contributed by atoms with E-state index in [1.54, 1.807) is 23.7 Å². The van der Waals surface area contributed by atoms with Crippen LogP contribution in [0, 0.1) is 0 Å². The van der Waals surface area contributed by atoms with Crippen LogP contribution in [0.5, 0.6) is 0 Å². The summed E-state index contributed by atoms with van der Waals surface area (Å²) in [4.78, 5) is 26.7. The van der Waals surface area contributed by atoms with E-state index < -0.39 is 0 Å². The van der Waals surface area contributed by atoms with E-state index in [2.05, 4.69) is 19.9 Å². The summed E-state index contributed by atoms with van der Waals surface area (Å²) < 4.78 is 0. The maximum atomic E-state index is 11.5. The van der Waals surface area contributed by atoms with Crippen LogP contribution in [0.4, 0.5) is 0 Å². The molecule has 0 unspecified atom stereocenters. The maximum Gasteiger partial charge on any atom is 0.325 e. The van der Waals surface area contributed by atoms with Gasteiger partial charge in [0.15, 0.2) is 5.65 Å². The van der Waals surface area contributed by atoms with Crippen molar-refractivity contribution in [2.45, 2.75) is 0 Å². The van der Waals surface area contributed by atoms with Crippen molar-refractivity contribution in [3.05, 3.63) is 58.6 Å². The standard InChI is InChI=1S/C15H10N4OS/c20-15-17-11-8-10(9-3-5-16-6-4-9)13(18-14(11)19-15)12-2-1-7-21-12/h1-8H,(H2,17,18,19,20). The van der Waals surface area contributed by atoms with Crippen molar-refractivity contribution < 1.29 is 0 Å². The molecule has 6 heteroatoms. The van der Waals surface area contributed by atoms with Crippen LogP contribution in [-0.2, 0) is 0 Å². The van der Waals surface area contributed by atoms with E-state index >= 15 is 0 Å². The maximum absolute atomic E-state index is 11.5. The molecule has 102 valence electrons. The number of fused-ring (bicyclic) bond motifs is 1. The van der Waals surface area contributed by atoms with Gasteiger partial charge in [-0.25, -0.2) is 9.78 Å². The third kappa shape index (κ3) is 2.05. The largest absolute Gasteiger partial charge is 0.325 e. The van der Waals surface area contributed by atoms with Crippen molar-refractivity contribution in [3.8, 4) is 21.7 Å². The van der Waals surface area contributed by atoms with Crippen molar-refractivity contribution >= 4 is 22.5 Å². The van der Waals surface area contributed by atoms with Gasteiger partial charge in [0.25, 0.3) is 0 Å². The Morgan fingerprint density at radius 1 is 1.10 bits per heavy atom. The van der Waals surface area contributed by atoms with Crippen LogP contribution in [0.2, 0.25) is 0 Å². The Kier molecular flexibility index (Phi) is 2.68. The number of aromatic amines is 2. The Labute approximate surface area is 123 Å². The molecule has 0 saturated heterocycles. The quantitative estimate of drug-likeness (QED) is 0.596. The van der Waals surface area contributed by atoms with E-state index in [1.807, 2.05) is 35.7 Å². The lowest BCUT2D eigenvalue weighted by Crippen LogP contribution is -1.99. The van der Waals surface area contributed by atoms with Crippen LogP contribution in [0.15, 0.2) is 52.9 Å². The number of thiophene rings is 1. The van der Waals surface area contributed by atoms with Crippen molar-refractivity contribution in [2.75, 3.05) is 0 Å². The molecule has 2 N–H and O–H groups in total. The lowest BCUT2D eigenvalue weighted by molar-refractivity contribution is 1.20. The Balaban J connectivity index is 2.07. The van der Waals surface area contributed by atoms with Gasteiger partial charge < -0.3 is 4.98 Å². The van der Waals surface area contributed by atoms with Crippen LogP contribution in [0.25, 0.3) is 32.9 Å². The summed E-state index contributed by atoms with van der Waals surface area (Å²) in [5, 5.41) is 2.01. The number of hydrogen-bond acceptors (Lipinski definition) is 4.